The minimum atomic E-state index is -3.73. The number of nitrogens with one attached hydrogen (secondary N) is 1. The Labute approximate surface area is 109 Å². The van der Waals surface area contributed by atoms with Gasteiger partial charge in [0.15, 0.2) is 0 Å². The predicted molar refractivity (Wildman–Crippen MR) is 68.4 cm³/mol. The number of hydrogen-bond acceptors (Lipinski definition) is 3. The lowest BCUT2D eigenvalue weighted by atomic mass is 9.91. The Balaban J connectivity index is 2.93. The summed E-state index contributed by atoms with van der Waals surface area (Å²) in [6.45, 7) is 5.85. The molecule has 0 spiro atoms. The second-order valence-corrected chi connectivity index (χ2v) is 7.04. The van der Waals surface area contributed by atoms with Crippen molar-refractivity contribution < 1.29 is 18.3 Å². The fraction of sp³-hybridized carbons (Fsp3) is 0.909. The van der Waals surface area contributed by atoms with E-state index in [-0.39, 0.29) is 12.5 Å². The molecular formula is C11H22N2O4S. The molecule has 1 atom stereocenters. The monoisotopic (exact) mass is 278 g/mol. The maximum absolute atomic E-state index is 12.2. The number of carboxylic acids is 1. The Hall–Kier alpha value is -0.660. The van der Waals surface area contributed by atoms with E-state index in [0.717, 1.165) is 10.7 Å². The first-order valence-corrected chi connectivity index (χ1v) is 7.65. The second kappa shape index (κ2) is 5.54. The standard InChI is InChI=1S/C11H22N2O4S/c1-9(2)8-12-18(16,17)13-7-5-4-6-11(13,3)10(14)15/h9,12H,4-8H2,1-3H3,(H,14,15). The van der Waals surface area contributed by atoms with Gasteiger partial charge in [-0.1, -0.05) is 13.8 Å². The molecule has 1 saturated heterocycles. The molecule has 1 heterocycles. The molecule has 0 amide bonds. The summed E-state index contributed by atoms with van der Waals surface area (Å²) in [6, 6.07) is 0. The summed E-state index contributed by atoms with van der Waals surface area (Å²) in [5.41, 5.74) is -1.33. The zero-order valence-electron chi connectivity index (χ0n) is 11.1. The molecule has 1 fully saturated rings. The van der Waals surface area contributed by atoms with Gasteiger partial charge in [-0.3, -0.25) is 4.79 Å². The van der Waals surface area contributed by atoms with Crippen molar-refractivity contribution in [3.05, 3.63) is 0 Å². The van der Waals surface area contributed by atoms with E-state index in [1.54, 1.807) is 0 Å². The maximum Gasteiger partial charge on any atom is 0.324 e. The van der Waals surface area contributed by atoms with Gasteiger partial charge in [0.25, 0.3) is 10.2 Å². The molecule has 2 N–H and O–H groups in total. The average Bonchev–Trinajstić information content (AvgIpc) is 2.26. The summed E-state index contributed by atoms with van der Waals surface area (Å²) < 4.78 is 27.9. The van der Waals surface area contributed by atoms with Crippen molar-refractivity contribution >= 4 is 16.2 Å². The van der Waals surface area contributed by atoms with E-state index in [1.165, 1.54) is 6.92 Å². The van der Waals surface area contributed by atoms with Crippen LogP contribution < -0.4 is 4.72 Å². The highest BCUT2D eigenvalue weighted by Gasteiger charge is 2.47. The van der Waals surface area contributed by atoms with Crippen molar-refractivity contribution in [2.24, 2.45) is 5.92 Å². The van der Waals surface area contributed by atoms with Crippen LogP contribution in [-0.4, -0.2) is 42.4 Å². The Morgan fingerprint density at radius 2 is 2.06 bits per heavy atom. The van der Waals surface area contributed by atoms with Gasteiger partial charge >= 0.3 is 5.97 Å². The zero-order valence-corrected chi connectivity index (χ0v) is 12.0. The molecule has 0 aromatic heterocycles. The van der Waals surface area contributed by atoms with E-state index in [2.05, 4.69) is 4.72 Å². The van der Waals surface area contributed by atoms with Crippen LogP contribution in [0.4, 0.5) is 0 Å². The van der Waals surface area contributed by atoms with Crippen LogP contribution in [0.3, 0.4) is 0 Å². The summed E-state index contributed by atoms with van der Waals surface area (Å²) >= 11 is 0. The van der Waals surface area contributed by atoms with Crippen LogP contribution in [0, 0.1) is 5.92 Å². The molecule has 0 radical (unpaired) electrons. The third-order valence-electron chi connectivity index (χ3n) is 3.25. The minimum Gasteiger partial charge on any atom is -0.480 e. The first-order valence-electron chi connectivity index (χ1n) is 6.21. The number of nitrogens with zero attached hydrogens (tertiary/aromatic N) is 1. The topological polar surface area (TPSA) is 86.7 Å². The van der Waals surface area contributed by atoms with Crippen LogP contribution in [0.2, 0.25) is 0 Å². The molecule has 0 bridgehead atoms. The third kappa shape index (κ3) is 3.21. The lowest BCUT2D eigenvalue weighted by molar-refractivity contribution is -0.149. The number of rotatable bonds is 5. The maximum atomic E-state index is 12.2. The first-order chi connectivity index (χ1) is 8.20. The van der Waals surface area contributed by atoms with Gasteiger partial charge in [0.1, 0.15) is 5.54 Å². The minimum absolute atomic E-state index is 0.181. The molecular weight excluding hydrogens is 256 g/mol. The van der Waals surface area contributed by atoms with Gasteiger partial charge in [0.2, 0.25) is 0 Å². The molecule has 7 heteroatoms. The van der Waals surface area contributed by atoms with Gasteiger partial charge in [0, 0.05) is 13.1 Å². The van der Waals surface area contributed by atoms with Crippen LogP contribution in [0.5, 0.6) is 0 Å². The molecule has 106 valence electrons. The molecule has 6 nitrogen and oxygen atoms in total. The van der Waals surface area contributed by atoms with Gasteiger partial charge in [-0.2, -0.15) is 12.7 Å². The van der Waals surface area contributed by atoms with Crippen LogP contribution in [0.1, 0.15) is 40.0 Å². The number of carboxylic acid groups (broad SMARTS) is 1. The van der Waals surface area contributed by atoms with E-state index in [4.69, 9.17) is 0 Å². The largest absolute Gasteiger partial charge is 0.480 e. The van der Waals surface area contributed by atoms with E-state index < -0.39 is 21.7 Å². The van der Waals surface area contributed by atoms with Crippen molar-refractivity contribution in [3.63, 3.8) is 0 Å². The van der Waals surface area contributed by atoms with Crippen LogP contribution in [0.25, 0.3) is 0 Å². The smallest absolute Gasteiger partial charge is 0.324 e. The van der Waals surface area contributed by atoms with Gasteiger partial charge in [-0.25, -0.2) is 4.72 Å². The highest BCUT2D eigenvalue weighted by Crippen LogP contribution is 2.30. The fourth-order valence-corrected chi connectivity index (χ4v) is 3.81. The van der Waals surface area contributed by atoms with E-state index in [0.29, 0.717) is 19.4 Å². The molecule has 0 aromatic carbocycles. The summed E-state index contributed by atoms with van der Waals surface area (Å²) in [5, 5.41) is 9.27. The zero-order chi connectivity index (χ0) is 14.0. The normalized spacial score (nSPS) is 26.4. The number of hydrogen-bond donors (Lipinski definition) is 2. The lowest BCUT2D eigenvalue weighted by Crippen LogP contribution is -2.60. The molecule has 0 aromatic rings. The Bertz CT molecular complexity index is 407. The van der Waals surface area contributed by atoms with Gasteiger partial charge in [0.05, 0.1) is 0 Å². The van der Waals surface area contributed by atoms with E-state index in [9.17, 15) is 18.3 Å². The van der Waals surface area contributed by atoms with Crippen molar-refractivity contribution in [2.45, 2.75) is 45.6 Å². The van der Waals surface area contributed by atoms with Gasteiger partial charge < -0.3 is 5.11 Å². The molecule has 1 aliphatic rings. The predicted octanol–water partition coefficient (Wildman–Crippen LogP) is 0.806. The van der Waals surface area contributed by atoms with Crippen LogP contribution in [0.15, 0.2) is 0 Å². The molecule has 1 aliphatic heterocycles. The highest BCUT2D eigenvalue weighted by molar-refractivity contribution is 7.87. The first kappa shape index (κ1) is 15.4. The summed E-state index contributed by atoms with van der Waals surface area (Å²) in [5.74, 6) is -0.905. The third-order valence-corrected chi connectivity index (χ3v) is 4.95. The van der Waals surface area contributed by atoms with Gasteiger partial charge in [-0.15, -0.1) is 0 Å². The molecule has 18 heavy (non-hydrogen) atoms. The van der Waals surface area contributed by atoms with Crippen LogP contribution >= 0.6 is 0 Å². The van der Waals surface area contributed by atoms with E-state index >= 15 is 0 Å². The van der Waals surface area contributed by atoms with Gasteiger partial charge in [-0.05, 0) is 32.1 Å². The molecule has 0 aliphatic carbocycles. The summed E-state index contributed by atoms with van der Waals surface area (Å²) in [6.07, 6.45) is 1.79. The van der Waals surface area contributed by atoms with E-state index in [1.807, 2.05) is 13.8 Å². The Kier molecular flexibility index (Phi) is 4.74. The fourth-order valence-electron chi connectivity index (χ4n) is 2.05. The number of piperidine rings is 1. The quantitative estimate of drug-likeness (QED) is 0.779. The number of carbonyl (C=O) groups is 1. The molecule has 0 saturated carbocycles. The second-order valence-electron chi connectivity index (χ2n) is 5.36. The Morgan fingerprint density at radius 3 is 2.56 bits per heavy atom. The summed E-state index contributed by atoms with van der Waals surface area (Å²) in [7, 11) is -3.73. The molecule has 1 unspecified atom stereocenters. The molecule has 1 rings (SSSR count). The number of aliphatic carboxylic acids is 1. The highest BCUT2D eigenvalue weighted by atomic mass is 32.2. The average molecular weight is 278 g/mol. The Morgan fingerprint density at radius 1 is 1.44 bits per heavy atom. The van der Waals surface area contributed by atoms with Crippen molar-refractivity contribution in [2.75, 3.05) is 13.1 Å². The summed E-state index contributed by atoms with van der Waals surface area (Å²) in [4.78, 5) is 11.3. The van der Waals surface area contributed by atoms with Crippen molar-refractivity contribution in [3.8, 4) is 0 Å². The lowest BCUT2D eigenvalue weighted by Gasteiger charge is -2.40. The van der Waals surface area contributed by atoms with Crippen LogP contribution in [-0.2, 0) is 15.0 Å². The van der Waals surface area contributed by atoms with Crippen molar-refractivity contribution in [1.29, 1.82) is 0 Å². The SMILES string of the molecule is CC(C)CNS(=O)(=O)N1CCCCC1(C)C(=O)O. The van der Waals surface area contributed by atoms with Crippen molar-refractivity contribution in [1.82, 2.24) is 9.03 Å².